The first-order valence-electron chi connectivity index (χ1n) is 5.99. The van der Waals surface area contributed by atoms with E-state index in [2.05, 4.69) is 11.4 Å². The van der Waals surface area contributed by atoms with E-state index in [0.29, 0.717) is 19.4 Å². The lowest BCUT2D eigenvalue weighted by Crippen LogP contribution is -2.42. The molecule has 1 aliphatic heterocycles. The minimum Gasteiger partial charge on any atom is -0.376 e. The highest BCUT2D eigenvalue weighted by Crippen LogP contribution is 2.25. The van der Waals surface area contributed by atoms with Crippen LogP contribution in [0.1, 0.15) is 39.5 Å². The van der Waals surface area contributed by atoms with E-state index in [-0.39, 0.29) is 12.0 Å². The summed E-state index contributed by atoms with van der Waals surface area (Å²) in [5.41, 5.74) is -0.862. The fourth-order valence-corrected chi connectivity index (χ4v) is 1.96. The predicted molar refractivity (Wildman–Crippen MR) is 60.6 cm³/mol. The third kappa shape index (κ3) is 2.73. The van der Waals surface area contributed by atoms with Crippen LogP contribution in [0.4, 0.5) is 0 Å². The van der Waals surface area contributed by atoms with Gasteiger partial charge in [0.1, 0.15) is 5.41 Å². The lowest BCUT2D eigenvalue weighted by molar-refractivity contribution is -0.129. The number of amides is 1. The molecule has 0 aromatic rings. The van der Waals surface area contributed by atoms with Gasteiger partial charge in [0.2, 0.25) is 5.91 Å². The number of carbonyl (C=O) groups is 1. The van der Waals surface area contributed by atoms with Crippen molar-refractivity contribution in [3.63, 3.8) is 0 Å². The highest BCUT2D eigenvalue weighted by atomic mass is 16.5. The summed E-state index contributed by atoms with van der Waals surface area (Å²) in [7, 11) is 0. The lowest BCUT2D eigenvalue weighted by atomic mass is 9.83. The number of nitrogens with zero attached hydrogens (tertiary/aromatic N) is 1. The van der Waals surface area contributed by atoms with E-state index in [1.165, 1.54) is 0 Å². The van der Waals surface area contributed by atoms with Crippen LogP contribution in [0.15, 0.2) is 0 Å². The van der Waals surface area contributed by atoms with Crippen molar-refractivity contribution in [3.8, 4) is 6.07 Å². The maximum absolute atomic E-state index is 11.9. The molecule has 0 aromatic carbocycles. The summed E-state index contributed by atoms with van der Waals surface area (Å²) in [5, 5.41) is 11.9. The summed E-state index contributed by atoms with van der Waals surface area (Å²) in [4.78, 5) is 11.9. The summed E-state index contributed by atoms with van der Waals surface area (Å²) in [6, 6.07) is 2.14. The molecule has 1 atom stereocenters. The van der Waals surface area contributed by atoms with Crippen LogP contribution in [0.25, 0.3) is 0 Å². The molecular formula is C12H20N2O2. The Labute approximate surface area is 97.0 Å². The standard InChI is InChI=1S/C12H20N2O2/c1-3-12(4-2,9-13)11(15)14-8-10-6-5-7-16-10/h10H,3-8H2,1-2H3,(H,14,15). The SMILES string of the molecule is CCC(C#N)(CC)C(=O)NCC1CCCO1. The number of ether oxygens (including phenoxy) is 1. The zero-order valence-electron chi connectivity index (χ0n) is 10.1. The van der Waals surface area contributed by atoms with Gasteiger partial charge in [-0.1, -0.05) is 13.8 Å². The maximum atomic E-state index is 11.9. The van der Waals surface area contributed by atoms with E-state index in [9.17, 15) is 4.79 Å². The zero-order valence-corrected chi connectivity index (χ0v) is 10.1. The third-order valence-corrected chi connectivity index (χ3v) is 3.37. The Morgan fingerprint density at radius 2 is 2.25 bits per heavy atom. The van der Waals surface area contributed by atoms with Gasteiger partial charge in [-0.25, -0.2) is 0 Å². The second kappa shape index (κ2) is 5.86. The van der Waals surface area contributed by atoms with Gasteiger partial charge in [-0.15, -0.1) is 0 Å². The molecule has 1 heterocycles. The molecule has 1 unspecified atom stereocenters. The van der Waals surface area contributed by atoms with Crippen molar-refractivity contribution in [3.05, 3.63) is 0 Å². The van der Waals surface area contributed by atoms with Gasteiger partial charge < -0.3 is 10.1 Å². The summed E-state index contributed by atoms with van der Waals surface area (Å²) >= 11 is 0. The summed E-state index contributed by atoms with van der Waals surface area (Å²) < 4.78 is 5.42. The Balaban J connectivity index is 2.46. The molecule has 1 saturated heterocycles. The Hall–Kier alpha value is -1.08. The highest BCUT2D eigenvalue weighted by Gasteiger charge is 2.35. The first kappa shape index (κ1) is 13.0. The van der Waals surface area contributed by atoms with Crippen LogP contribution in [0.3, 0.4) is 0 Å². The molecule has 16 heavy (non-hydrogen) atoms. The van der Waals surface area contributed by atoms with Crippen LogP contribution in [0.5, 0.6) is 0 Å². The predicted octanol–water partition coefficient (Wildman–Crippen LogP) is 1.61. The minimum absolute atomic E-state index is 0.133. The largest absolute Gasteiger partial charge is 0.376 e. The third-order valence-electron chi connectivity index (χ3n) is 3.37. The maximum Gasteiger partial charge on any atom is 0.240 e. The number of rotatable bonds is 5. The first-order valence-corrected chi connectivity index (χ1v) is 5.99. The van der Waals surface area contributed by atoms with Crippen molar-refractivity contribution in [2.24, 2.45) is 5.41 Å². The Bertz CT molecular complexity index is 273. The fraction of sp³-hybridized carbons (Fsp3) is 0.833. The quantitative estimate of drug-likeness (QED) is 0.771. The van der Waals surface area contributed by atoms with Gasteiger partial charge in [0.05, 0.1) is 12.2 Å². The number of hydrogen-bond acceptors (Lipinski definition) is 3. The highest BCUT2D eigenvalue weighted by molar-refractivity contribution is 5.85. The van der Waals surface area contributed by atoms with Gasteiger partial charge in [0.15, 0.2) is 0 Å². The molecule has 1 N–H and O–H groups in total. The summed E-state index contributed by atoms with van der Waals surface area (Å²) in [5.74, 6) is -0.157. The van der Waals surface area contributed by atoms with Gasteiger partial charge in [-0.3, -0.25) is 4.79 Å². The molecule has 90 valence electrons. The molecule has 0 bridgehead atoms. The topological polar surface area (TPSA) is 62.1 Å². The molecule has 4 nitrogen and oxygen atoms in total. The van der Waals surface area contributed by atoms with Crippen LogP contribution in [0.2, 0.25) is 0 Å². The molecule has 1 amide bonds. The van der Waals surface area contributed by atoms with Crippen molar-refractivity contribution in [1.82, 2.24) is 5.32 Å². The van der Waals surface area contributed by atoms with Crippen LogP contribution in [-0.2, 0) is 9.53 Å². The molecule has 0 spiro atoms. The number of hydrogen-bond donors (Lipinski definition) is 1. The van der Waals surface area contributed by atoms with E-state index in [4.69, 9.17) is 10.00 Å². The molecule has 1 rings (SSSR count). The average Bonchev–Trinajstić information content (AvgIpc) is 2.82. The van der Waals surface area contributed by atoms with Crippen LogP contribution < -0.4 is 5.32 Å². The monoisotopic (exact) mass is 224 g/mol. The van der Waals surface area contributed by atoms with Gasteiger partial charge in [-0.2, -0.15) is 5.26 Å². The second-order valence-corrected chi connectivity index (χ2v) is 4.25. The van der Waals surface area contributed by atoms with Crippen LogP contribution in [0, 0.1) is 16.7 Å². The van der Waals surface area contributed by atoms with E-state index in [1.807, 2.05) is 13.8 Å². The molecule has 0 radical (unpaired) electrons. The fourth-order valence-electron chi connectivity index (χ4n) is 1.96. The molecule has 0 aromatic heterocycles. The van der Waals surface area contributed by atoms with E-state index < -0.39 is 5.41 Å². The average molecular weight is 224 g/mol. The molecule has 0 saturated carbocycles. The van der Waals surface area contributed by atoms with Crippen molar-refractivity contribution >= 4 is 5.91 Å². The number of nitrogens with one attached hydrogen (secondary N) is 1. The van der Waals surface area contributed by atoms with E-state index in [1.54, 1.807) is 0 Å². The molecule has 1 aliphatic rings. The van der Waals surface area contributed by atoms with Gasteiger partial charge in [-0.05, 0) is 25.7 Å². The van der Waals surface area contributed by atoms with Crippen molar-refractivity contribution in [2.45, 2.75) is 45.6 Å². The van der Waals surface area contributed by atoms with E-state index in [0.717, 1.165) is 19.4 Å². The summed E-state index contributed by atoms with van der Waals surface area (Å²) in [6.45, 7) is 5.06. The van der Waals surface area contributed by atoms with Crippen molar-refractivity contribution < 1.29 is 9.53 Å². The number of carbonyl (C=O) groups excluding carboxylic acids is 1. The summed E-state index contributed by atoms with van der Waals surface area (Å²) in [6.07, 6.45) is 3.30. The lowest BCUT2D eigenvalue weighted by Gasteiger charge is -2.23. The molecule has 4 heteroatoms. The molecule has 0 aliphatic carbocycles. The van der Waals surface area contributed by atoms with Gasteiger partial charge in [0.25, 0.3) is 0 Å². The zero-order chi connectivity index (χ0) is 12.0. The minimum atomic E-state index is -0.862. The van der Waals surface area contributed by atoms with Gasteiger partial charge >= 0.3 is 0 Å². The molecular weight excluding hydrogens is 204 g/mol. The normalized spacial score (nSPS) is 20.4. The first-order chi connectivity index (χ1) is 7.68. The van der Waals surface area contributed by atoms with Crippen molar-refractivity contribution in [1.29, 1.82) is 5.26 Å². The second-order valence-electron chi connectivity index (χ2n) is 4.25. The Morgan fingerprint density at radius 3 is 2.69 bits per heavy atom. The van der Waals surface area contributed by atoms with Crippen LogP contribution >= 0.6 is 0 Å². The van der Waals surface area contributed by atoms with Crippen molar-refractivity contribution in [2.75, 3.05) is 13.2 Å². The molecule has 1 fully saturated rings. The van der Waals surface area contributed by atoms with E-state index >= 15 is 0 Å². The number of nitriles is 1. The van der Waals surface area contributed by atoms with Crippen LogP contribution in [-0.4, -0.2) is 25.2 Å². The Kier molecular flexibility index (Phi) is 4.75. The van der Waals surface area contributed by atoms with Gasteiger partial charge in [0, 0.05) is 13.2 Å². The Morgan fingerprint density at radius 1 is 1.56 bits per heavy atom. The smallest absolute Gasteiger partial charge is 0.240 e.